The molecule has 0 aliphatic rings. The van der Waals surface area contributed by atoms with Crippen molar-refractivity contribution in [2.75, 3.05) is 0 Å². The maximum absolute atomic E-state index is 11.5. The smallest absolute Gasteiger partial charge is 0.275 e. The molecule has 2 rings (SSSR count). The van der Waals surface area contributed by atoms with Crippen LogP contribution in [0.1, 0.15) is 15.9 Å². The summed E-state index contributed by atoms with van der Waals surface area (Å²) in [5.74, 6) is 0.444. The monoisotopic (exact) mass is 307 g/mol. The van der Waals surface area contributed by atoms with Gasteiger partial charge in [0.15, 0.2) is 0 Å². The van der Waals surface area contributed by atoms with Crippen molar-refractivity contribution in [3.63, 3.8) is 0 Å². The topological polar surface area (TPSA) is 60.2 Å². The number of nitro benzene ring substituents is 1. The molecule has 0 N–H and O–H groups in total. The molecule has 0 amide bonds. The minimum absolute atomic E-state index is 0.0254. The van der Waals surface area contributed by atoms with Crippen molar-refractivity contribution in [3.05, 3.63) is 69.8 Å². The summed E-state index contributed by atoms with van der Waals surface area (Å²) in [7, 11) is 0. The lowest BCUT2D eigenvalue weighted by Crippen LogP contribution is -2.02. The van der Waals surface area contributed by atoms with E-state index in [4.69, 9.17) is 11.6 Å². The van der Waals surface area contributed by atoms with E-state index in [9.17, 15) is 14.9 Å². The summed E-state index contributed by atoms with van der Waals surface area (Å²) in [6.07, 6.45) is 0. The molecule has 0 heterocycles. The van der Waals surface area contributed by atoms with Crippen LogP contribution < -0.4 is 0 Å². The lowest BCUT2D eigenvalue weighted by Gasteiger charge is -2.06. The highest BCUT2D eigenvalue weighted by Crippen LogP contribution is 2.29. The van der Waals surface area contributed by atoms with Crippen LogP contribution in [0.2, 0.25) is 0 Å². The maximum Gasteiger partial charge on any atom is 0.281 e. The molecule has 0 atom stereocenters. The fourth-order valence-corrected chi connectivity index (χ4v) is 2.89. The first kappa shape index (κ1) is 14.6. The number of hydrogen-bond donors (Lipinski definition) is 0. The number of thioether (sulfide) groups is 1. The molecular weight excluding hydrogens is 298 g/mol. The third-order valence-corrected chi connectivity index (χ3v) is 3.91. The van der Waals surface area contributed by atoms with Crippen molar-refractivity contribution in [1.29, 1.82) is 0 Å². The summed E-state index contributed by atoms with van der Waals surface area (Å²) in [5, 5.41) is 10.1. The maximum atomic E-state index is 11.5. The van der Waals surface area contributed by atoms with Crippen molar-refractivity contribution in [1.82, 2.24) is 0 Å². The minimum atomic E-state index is -0.805. The van der Waals surface area contributed by atoms with Gasteiger partial charge in [0, 0.05) is 16.7 Å². The zero-order chi connectivity index (χ0) is 14.5. The average Bonchev–Trinajstić information content (AvgIpc) is 2.45. The Morgan fingerprint density at radius 1 is 1.15 bits per heavy atom. The summed E-state index contributed by atoms with van der Waals surface area (Å²) in [4.78, 5) is 22.8. The SMILES string of the molecule is O=C(Cl)c1c(CSc2ccccc2)cccc1[N+](=O)[O-]. The highest BCUT2D eigenvalue weighted by atomic mass is 35.5. The van der Waals surface area contributed by atoms with Crippen molar-refractivity contribution in [2.24, 2.45) is 0 Å². The molecule has 2 aromatic rings. The number of rotatable bonds is 5. The molecule has 20 heavy (non-hydrogen) atoms. The molecular formula is C14H10ClNO3S. The van der Waals surface area contributed by atoms with Gasteiger partial charge in [0.2, 0.25) is 0 Å². The van der Waals surface area contributed by atoms with Crippen LogP contribution in [-0.2, 0) is 5.75 Å². The summed E-state index contributed by atoms with van der Waals surface area (Å²) in [6, 6.07) is 14.1. The molecule has 102 valence electrons. The normalized spacial score (nSPS) is 10.2. The van der Waals surface area contributed by atoms with Crippen LogP contribution in [0.25, 0.3) is 0 Å². The van der Waals surface area contributed by atoms with E-state index in [0.29, 0.717) is 11.3 Å². The summed E-state index contributed by atoms with van der Waals surface area (Å²) >= 11 is 6.98. The van der Waals surface area contributed by atoms with E-state index in [-0.39, 0.29) is 11.3 Å². The van der Waals surface area contributed by atoms with Crippen LogP contribution in [0.15, 0.2) is 53.4 Å². The molecule has 0 bridgehead atoms. The predicted molar refractivity (Wildman–Crippen MR) is 79.3 cm³/mol. The van der Waals surface area contributed by atoms with Gasteiger partial charge in [-0.1, -0.05) is 30.3 Å². The fourth-order valence-electron chi connectivity index (χ4n) is 1.76. The number of nitro groups is 1. The van der Waals surface area contributed by atoms with E-state index < -0.39 is 10.2 Å². The van der Waals surface area contributed by atoms with Gasteiger partial charge in [-0.05, 0) is 29.3 Å². The first-order valence-electron chi connectivity index (χ1n) is 5.73. The number of carbonyl (C=O) groups excluding carboxylic acids is 1. The second-order valence-electron chi connectivity index (χ2n) is 3.94. The molecule has 6 heteroatoms. The van der Waals surface area contributed by atoms with E-state index in [2.05, 4.69) is 0 Å². The van der Waals surface area contributed by atoms with Crippen LogP contribution in [-0.4, -0.2) is 10.2 Å². The number of nitrogens with zero attached hydrogens (tertiary/aromatic N) is 1. The van der Waals surface area contributed by atoms with Crippen LogP contribution in [0.4, 0.5) is 5.69 Å². The molecule has 0 radical (unpaired) electrons. The molecule has 0 fully saturated rings. The van der Waals surface area contributed by atoms with Gasteiger partial charge in [-0.2, -0.15) is 0 Å². The van der Waals surface area contributed by atoms with E-state index in [1.54, 1.807) is 12.1 Å². The highest BCUT2D eigenvalue weighted by molar-refractivity contribution is 7.98. The first-order chi connectivity index (χ1) is 9.59. The van der Waals surface area contributed by atoms with E-state index >= 15 is 0 Å². The van der Waals surface area contributed by atoms with Gasteiger partial charge in [0.05, 0.1) is 4.92 Å². The molecule has 2 aromatic carbocycles. The quantitative estimate of drug-likeness (QED) is 0.358. The largest absolute Gasteiger partial charge is 0.281 e. The Kier molecular flexibility index (Phi) is 4.76. The zero-order valence-electron chi connectivity index (χ0n) is 10.3. The summed E-state index contributed by atoms with van der Waals surface area (Å²) < 4.78 is 0. The van der Waals surface area contributed by atoms with Gasteiger partial charge < -0.3 is 0 Å². The summed E-state index contributed by atoms with van der Waals surface area (Å²) in [5.41, 5.74) is 0.284. The van der Waals surface area contributed by atoms with Gasteiger partial charge in [-0.3, -0.25) is 14.9 Å². The molecule has 0 aliphatic heterocycles. The van der Waals surface area contributed by atoms with Crippen molar-refractivity contribution >= 4 is 34.3 Å². The Bertz CT molecular complexity index is 646. The van der Waals surface area contributed by atoms with Crippen molar-refractivity contribution < 1.29 is 9.72 Å². The van der Waals surface area contributed by atoms with Crippen LogP contribution in [0, 0.1) is 10.1 Å². The van der Waals surface area contributed by atoms with Gasteiger partial charge in [0.25, 0.3) is 10.9 Å². The summed E-state index contributed by atoms with van der Waals surface area (Å²) in [6.45, 7) is 0. The Hall–Kier alpha value is -1.85. The lowest BCUT2D eigenvalue weighted by molar-refractivity contribution is -0.385. The number of benzene rings is 2. The second-order valence-corrected chi connectivity index (χ2v) is 5.34. The van der Waals surface area contributed by atoms with Crippen LogP contribution in [0.5, 0.6) is 0 Å². The van der Waals surface area contributed by atoms with Gasteiger partial charge in [-0.25, -0.2) is 0 Å². The molecule has 0 aromatic heterocycles. The molecule has 4 nitrogen and oxygen atoms in total. The lowest BCUT2D eigenvalue weighted by atomic mass is 10.1. The third-order valence-electron chi connectivity index (χ3n) is 2.66. The molecule has 0 unspecified atom stereocenters. The van der Waals surface area contributed by atoms with E-state index in [0.717, 1.165) is 4.90 Å². The Labute approximate surface area is 124 Å². The minimum Gasteiger partial charge on any atom is -0.275 e. The van der Waals surface area contributed by atoms with E-state index in [1.807, 2.05) is 30.3 Å². The number of halogens is 1. The second kappa shape index (κ2) is 6.54. The van der Waals surface area contributed by atoms with Gasteiger partial charge in [0.1, 0.15) is 5.56 Å². The number of carbonyl (C=O) groups is 1. The van der Waals surface area contributed by atoms with Gasteiger partial charge >= 0.3 is 0 Å². The molecule has 0 saturated heterocycles. The zero-order valence-corrected chi connectivity index (χ0v) is 11.9. The van der Waals surface area contributed by atoms with Gasteiger partial charge in [-0.15, -0.1) is 11.8 Å². The number of hydrogen-bond acceptors (Lipinski definition) is 4. The molecule has 0 saturated carbocycles. The van der Waals surface area contributed by atoms with E-state index in [1.165, 1.54) is 17.8 Å². The van der Waals surface area contributed by atoms with Crippen LogP contribution >= 0.6 is 23.4 Å². The van der Waals surface area contributed by atoms with Crippen LogP contribution in [0.3, 0.4) is 0 Å². The van der Waals surface area contributed by atoms with Crippen molar-refractivity contribution in [2.45, 2.75) is 10.6 Å². The molecule has 0 spiro atoms. The standard InChI is InChI=1S/C14H10ClNO3S/c15-14(17)13-10(5-4-8-12(13)16(18)19)9-20-11-6-2-1-3-7-11/h1-8H,9H2. The molecule has 0 aliphatic carbocycles. The Morgan fingerprint density at radius 3 is 2.45 bits per heavy atom. The van der Waals surface area contributed by atoms with Crippen molar-refractivity contribution in [3.8, 4) is 0 Å². The predicted octanol–water partition coefficient (Wildman–Crippen LogP) is 4.27. The third kappa shape index (κ3) is 3.37. The average molecular weight is 308 g/mol. The Morgan fingerprint density at radius 2 is 1.85 bits per heavy atom. The highest BCUT2D eigenvalue weighted by Gasteiger charge is 2.22. The Balaban J connectivity index is 2.30. The first-order valence-corrected chi connectivity index (χ1v) is 7.10. The fraction of sp³-hybridized carbons (Fsp3) is 0.0714.